The average Bonchev–Trinajstić information content (AvgIpc) is 2.99. The number of pyridine rings is 1. The second kappa shape index (κ2) is 7.90. The van der Waals surface area contributed by atoms with Crippen molar-refractivity contribution in [2.24, 2.45) is 0 Å². The molecule has 2 aromatic heterocycles. The third-order valence-corrected chi connectivity index (χ3v) is 7.35. The molecule has 0 spiro atoms. The van der Waals surface area contributed by atoms with Gasteiger partial charge in [0.15, 0.2) is 0 Å². The van der Waals surface area contributed by atoms with Crippen molar-refractivity contribution in [2.45, 2.75) is 56.3 Å². The zero-order chi connectivity index (χ0) is 23.3. The van der Waals surface area contributed by atoms with Crippen LogP contribution in [0.2, 0.25) is 0 Å². The fourth-order valence-corrected chi connectivity index (χ4v) is 5.08. The molecule has 1 saturated carbocycles. The first-order valence-electron chi connectivity index (χ1n) is 10.1. The molecule has 1 fully saturated rings. The summed E-state index contributed by atoms with van der Waals surface area (Å²) in [4.78, 5) is 4.27. The molecule has 0 saturated heterocycles. The van der Waals surface area contributed by atoms with Crippen molar-refractivity contribution in [3.05, 3.63) is 47.7 Å². The smallest absolute Gasteiger partial charge is 0.321 e. The van der Waals surface area contributed by atoms with Gasteiger partial charge in [0, 0.05) is 17.6 Å². The van der Waals surface area contributed by atoms with Crippen LogP contribution in [0, 0.1) is 18.3 Å². The van der Waals surface area contributed by atoms with E-state index in [1.807, 2.05) is 17.6 Å². The fourth-order valence-electron chi connectivity index (χ4n) is 3.85. The summed E-state index contributed by atoms with van der Waals surface area (Å²) in [5.41, 5.74) is 3.31. The van der Waals surface area contributed by atoms with Crippen LogP contribution in [-0.2, 0) is 10.0 Å². The van der Waals surface area contributed by atoms with Gasteiger partial charge in [-0.25, -0.2) is 13.4 Å². The van der Waals surface area contributed by atoms with E-state index in [1.165, 1.54) is 24.3 Å². The summed E-state index contributed by atoms with van der Waals surface area (Å²) in [5.74, 6) is 0. The third kappa shape index (κ3) is 3.87. The standard InChI is InChI=1S/C22H21F3N4O2S/c1-13-10-18-19(11-26)20(29(16-4-3-5-16)21(18)27-12-13)15-6-8-17(9-7-15)32(30,31)28-14(2)22(23,24)25/h6-10,12,14,16,28H,3-5H2,1-2H3/t14-/m0/s1. The van der Waals surface area contributed by atoms with Crippen LogP contribution in [0.1, 0.15) is 43.4 Å². The van der Waals surface area contributed by atoms with Crippen molar-refractivity contribution in [3.63, 3.8) is 0 Å². The number of rotatable bonds is 5. The first kappa shape index (κ1) is 22.3. The number of nitrogens with zero attached hydrogens (tertiary/aromatic N) is 3. The first-order chi connectivity index (χ1) is 15.0. The lowest BCUT2D eigenvalue weighted by Gasteiger charge is -2.29. The van der Waals surface area contributed by atoms with Gasteiger partial charge < -0.3 is 4.57 Å². The van der Waals surface area contributed by atoms with Gasteiger partial charge >= 0.3 is 6.18 Å². The SMILES string of the molecule is Cc1cnc2c(c1)c(C#N)c(-c1ccc(S(=O)(=O)N[C@@H](C)C(F)(F)F)cc1)n2C1CCC1. The molecular formula is C22H21F3N4O2S. The van der Waals surface area contributed by atoms with Crippen LogP contribution < -0.4 is 4.72 Å². The molecule has 32 heavy (non-hydrogen) atoms. The number of halogens is 3. The van der Waals surface area contributed by atoms with Crippen molar-refractivity contribution in [1.29, 1.82) is 5.26 Å². The van der Waals surface area contributed by atoms with Crippen LogP contribution in [0.3, 0.4) is 0 Å². The van der Waals surface area contributed by atoms with Gasteiger partial charge in [-0.05, 0) is 62.4 Å². The van der Waals surface area contributed by atoms with E-state index in [0.29, 0.717) is 22.5 Å². The number of alkyl halides is 3. The van der Waals surface area contributed by atoms with Crippen molar-refractivity contribution >= 4 is 21.1 Å². The lowest BCUT2D eigenvalue weighted by atomic mass is 9.92. The van der Waals surface area contributed by atoms with Gasteiger partial charge in [-0.2, -0.15) is 23.2 Å². The minimum atomic E-state index is -4.69. The van der Waals surface area contributed by atoms with E-state index >= 15 is 0 Å². The molecule has 3 aromatic rings. The number of fused-ring (bicyclic) bond motifs is 1. The molecule has 0 unspecified atom stereocenters. The van der Waals surface area contributed by atoms with Gasteiger partial charge in [0.1, 0.15) is 17.8 Å². The molecule has 0 amide bonds. The minimum absolute atomic E-state index is 0.183. The zero-order valence-corrected chi connectivity index (χ0v) is 18.3. The average molecular weight is 462 g/mol. The number of benzene rings is 1. The Morgan fingerprint density at radius 3 is 2.44 bits per heavy atom. The molecule has 4 rings (SSSR count). The Bertz CT molecular complexity index is 1320. The summed E-state index contributed by atoms with van der Waals surface area (Å²) >= 11 is 0. The third-order valence-electron chi connectivity index (χ3n) is 5.79. The van der Waals surface area contributed by atoms with E-state index in [2.05, 4.69) is 11.1 Å². The lowest BCUT2D eigenvalue weighted by Crippen LogP contribution is -2.42. The number of aromatic nitrogens is 2. The predicted octanol–water partition coefficient (Wildman–Crippen LogP) is 4.84. The van der Waals surface area contributed by atoms with Crippen molar-refractivity contribution in [3.8, 4) is 17.3 Å². The Labute approximate surface area is 183 Å². The quantitative estimate of drug-likeness (QED) is 0.588. The van der Waals surface area contributed by atoms with Crippen LogP contribution in [0.4, 0.5) is 13.2 Å². The molecule has 10 heteroatoms. The molecule has 6 nitrogen and oxygen atoms in total. The highest BCUT2D eigenvalue weighted by Crippen LogP contribution is 2.42. The molecule has 1 N–H and O–H groups in total. The van der Waals surface area contributed by atoms with Gasteiger partial charge in [-0.3, -0.25) is 0 Å². The van der Waals surface area contributed by atoms with Gasteiger partial charge in [-0.1, -0.05) is 12.1 Å². The van der Waals surface area contributed by atoms with Crippen molar-refractivity contribution in [2.75, 3.05) is 0 Å². The highest BCUT2D eigenvalue weighted by molar-refractivity contribution is 7.89. The zero-order valence-electron chi connectivity index (χ0n) is 17.4. The Balaban J connectivity index is 1.80. The van der Waals surface area contributed by atoms with Crippen molar-refractivity contribution in [1.82, 2.24) is 14.3 Å². The molecular weight excluding hydrogens is 441 g/mol. The topological polar surface area (TPSA) is 87.8 Å². The van der Waals surface area contributed by atoms with Gasteiger partial charge in [-0.15, -0.1) is 0 Å². The second-order valence-corrected chi connectivity index (χ2v) is 9.80. The number of sulfonamides is 1. The van der Waals surface area contributed by atoms with Crippen LogP contribution >= 0.6 is 0 Å². The molecule has 1 aliphatic carbocycles. The lowest BCUT2D eigenvalue weighted by molar-refractivity contribution is -0.147. The maximum atomic E-state index is 12.8. The number of nitrogens with one attached hydrogen (secondary N) is 1. The van der Waals surface area contributed by atoms with Crippen LogP contribution in [0.5, 0.6) is 0 Å². The van der Waals surface area contributed by atoms with E-state index < -0.39 is 22.2 Å². The summed E-state index contributed by atoms with van der Waals surface area (Å²) in [6.45, 7) is 2.64. The summed E-state index contributed by atoms with van der Waals surface area (Å²) in [7, 11) is -4.36. The van der Waals surface area contributed by atoms with Gasteiger partial charge in [0.2, 0.25) is 10.0 Å². The van der Waals surface area contributed by atoms with Crippen molar-refractivity contribution < 1.29 is 21.6 Å². The van der Waals surface area contributed by atoms with Gasteiger partial charge in [0.05, 0.1) is 16.2 Å². The van der Waals surface area contributed by atoms with E-state index in [-0.39, 0.29) is 10.9 Å². The molecule has 2 heterocycles. The molecule has 168 valence electrons. The monoisotopic (exact) mass is 462 g/mol. The maximum Gasteiger partial charge on any atom is 0.404 e. The normalized spacial score (nSPS) is 16.0. The highest BCUT2D eigenvalue weighted by atomic mass is 32.2. The number of aryl methyl sites for hydroxylation is 1. The number of nitriles is 1. The van der Waals surface area contributed by atoms with Crippen LogP contribution in [-0.4, -0.2) is 30.2 Å². The van der Waals surface area contributed by atoms with Gasteiger partial charge in [0.25, 0.3) is 0 Å². The van der Waals surface area contributed by atoms with E-state index in [4.69, 9.17) is 0 Å². The molecule has 0 radical (unpaired) electrons. The van der Waals surface area contributed by atoms with E-state index in [1.54, 1.807) is 10.9 Å². The highest BCUT2D eigenvalue weighted by Gasteiger charge is 2.39. The Hall–Kier alpha value is -2.90. The summed E-state index contributed by atoms with van der Waals surface area (Å²) in [6.07, 6.45) is 0.0126. The maximum absolute atomic E-state index is 12.8. The molecule has 1 atom stereocenters. The molecule has 0 bridgehead atoms. The van der Waals surface area contributed by atoms with Crippen LogP contribution in [0.15, 0.2) is 41.4 Å². The molecule has 0 aliphatic heterocycles. The number of hydrogen-bond acceptors (Lipinski definition) is 4. The summed E-state index contributed by atoms with van der Waals surface area (Å²) < 4.78 is 66.8. The largest absolute Gasteiger partial charge is 0.404 e. The number of hydrogen-bond donors (Lipinski definition) is 1. The molecule has 1 aliphatic rings. The Morgan fingerprint density at radius 2 is 1.91 bits per heavy atom. The second-order valence-electron chi connectivity index (χ2n) is 8.08. The predicted molar refractivity (Wildman–Crippen MR) is 113 cm³/mol. The minimum Gasteiger partial charge on any atom is -0.321 e. The molecule has 1 aromatic carbocycles. The van der Waals surface area contributed by atoms with E-state index in [9.17, 15) is 26.9 Å². The Kier molecular flexibility index (Phi) is 5.51. The fraction of sp³-hybridized carbons (Fsp3) is 0.364. The summed E-state index contributed by atoms with van der Waals surface area (Å²) in [5, 5.41) is 10.6. The Morgan fingerprint density at radius 1 is 1.25 bits per heavy atom. The first-order valence-corrected chi connectivity index (χ1v) is 11.6. The van der Waals surface area contributed by atoms with Crippen LogP contribution in [0.25, 0.3) is 22.3 Å². The van der Waals surface area contributed by atoms with E-state index in [0.717, 1.165) is 37.1 Å². The summed E-state index contributed by atoms with van der Waals surface area (Å²) in [6, 6.07) is 7.67.